The number of hydrogen-bond donors (Lipinski definition) is 2. The highest BCUT2D eigenvalue weighted by Gasteiger charge is 2.16. The second-order valence-corrected chi connectivity index (χ2v) is 13.0. The molecular formula is C40H52N2O2. The molecule has 0 aliphatic carbocycles. The number of pyridine rings is 2. The first-order valence-electron chi connectivity index (χ1n) is 17.7. The van der Waals surface area contributed by atoms with Crippen LogP contribution in [0.3, 0.4) is 0 Å². The second kappa shape index (κ2) is 16.1. The van der Waals surface area contributed by atoms with Gasteiger partial charge in [0.05, 0.1) is 16.6 Å². The maximum Gasteiger partial charge on any atom is 0.197 e. The van der Waals surface area contributed by atoms with Gasteiger partial charge in [0.1, 0.15) is 0 Å². The van der Waals surface area contributed by atoms with Crippen LogP contribution in [-0.2, 0) is 12.8 Å². The van der Waals surface area contributed by atoms with E-state index in [4.69, 9.17) is 0 Å². The summed E-state index contributed by atoms with van der Waals surface area (Å²) in [4.78, 5) is 34.6. The lowest BCUT2D eigenvalue weighted by Gasteiger charge is -2.15. The van der Waals surface area contributed by atoms with Crippen LogP contribution in [0, 0.1) is 0 Å². The molecular weight excluding hydrogens is 540 g/mol. The summed E-state index contributed by atoms with van der Waals surface area (Å²) in [5.41, 5.74) is 5.78. The minimum absolute atomic E-state index is 0.00621. The van der Waals surface area contributed by atoms with E-state index in [0.717, 1.165) is 41.2 Å². The van der Waals surface area contributed by atoms with Crippen LogP contribution in [0.2, 0.25) is 0 Å². The van der Waals surface area contributed by atoms with Gasteiger partial charge in [0.15, 0.2) is 10.9 Å². The number of aryl methyl sites for hydroxylation is 2. The van der Waals surface area contributed by atoms with E-state index in [0.29, 0.717) is 21.7 Å². The van der Waals surface area contributed by atoms with Gasteiger partial charge >= 0.3 is 0 Å². The van der Waals surface area contributed by atoms with Crippen molar-refractivity contribution in [3.8, 4) is 0 Å². The summed E-state index contributed by atoms with van der Waals surface area (Å²) >= 11 is 0. The van der Waals surface area contributed by atoms with E-state index in [2.05, 4.69) is 35.9 Å². The summed E-state index contributed by atoms with van der Waals surface area (Å²) in [7, 11) is 0. The van der Waals surface area contributed by atoms with Crippen LogP contribution in [0.25, 0.3) is 43.6 Å². The minimum atomic E-state index is -0.00621. The molecule has 0 spiro atoms. The van der Waals surface area contributed by atoms with Crippen molar-refractivity contribution in [3.63, 3.8) is 0 Å². The van der Waals surface area contributed by atoms with Crippen LogP contribution in [0.4, 0.5) is 0 Å². The number of para-hydroxylation sites is 1. The molecule has 2 heterocycles. The van der Waals surface area contributed by atoms with Crippen molar-refractivity contribution in [3.05, 3.63) is 80.1 Å². The highest BCUT2D eigenvalue weighted by atomic mass is 16.1. The van der Waals surface area contributed by atoms with Crippen molar-refractivity contribution in [1.82, 2.24) is 9.97 Å². The maximum atomic E-state index is 14.3. The Labute approximate surface area is 262 Å². The molecule has 0 unspecified atom stereocenters. The first kappa shape index (κ1) is 32.0. The molecule has 234 valence electrons. The maximum absolute atomic E-state index is 14.3. The zero-order valence-electron chi connectivity index (χ0n) is 27.2. The van der Waals surface area contributed by atoms with Crippen molar-refractivity contribution >= 4 is 43.6 Å². The van der Waals surface area contributed by atoms with E-state index in [1.54, 1.807) is 0 Å². The molecule has 3 aromatic carbocycles. The topological polar surface area (TPSA) is 65.7 Å². The van der Waals surface area contributed by atoms with Crippen LogP contribution in [0.1, 0.15) is 128 Å². The van der Waals surface area contributed by atoms with Gasteiger partial charge in [-0.05, 0) is 67.1 Å². The van der Waals surface area contributed by atoms with E-state index >= 15 is 0 Å². The number of hydrogen-bond acceptors (Lipinski definition) is 2. The quantitative estimate of drug-likeness (QED) is 0.0785. The predicted octanol–water partition coefficient (Wildman–Crippen LogP) is 11.0. The SMILES string of the molecule is CCCCCCCCCCc1ccc2[nH]c3cc4c(=O)c5ccccc5[nH]c4cc3c(=O)c2c1CCCCCCCCCC. The highest BCUT2D eigenvalue weighted by Crippen LogP contribution is 2.27. The Morgan fingerprint density at radius 1 is 0.477 bits per heavy atom. The molecule has 5 aromatic rings. The first-order chi connectivity index (χ1) is 21.6. The Kier molecular flexibility index (Phi) is 11.7. The Morgan fingerprint density at radius 2 is 1.00 bits per heavy atom. The van der Waals surface area contributed by atoms with Gasteiger partial charge in [-0.15, -0.1) is 0 Å². The average Bonchev–Trinajstić information content (AvgIpc) is 3.04. The fourth-order valence-corrected chi connectivity index (χ4v) is 7.00. The van der Waals surface area contributed by atoms with Gasteiger partial charge < -0.3 is 9.97 Å². The van der Waals surface area contributed by atoms with Gasteiger partial charge in [-0.3, -0.25) is 9.59 Å². The lowest BCUT2D eigenvalue weighted by molar-refractivity contribution is 0.571. The van der Waals surface area contributed by atoms with Gasteiger partial charge in [0.25, 0.3) is 0 Å². The fraction of sp³-hybridized carbons (Fsp3) is 0.500. The largest absolute Gasteiger partial charge is 0.354 e. The summed E-state index contributed by atoms with van der Waals surface area (Å²) in [5, 5.41) is 2.77. The van der Waals surface area contributed by atoms with E-state index < -0.39 is 0 Å². The summed E-state index contributed by atoms with van der Waals surface area (Å²) in [6.07, 6.45) is 22.6. The first-order valence-corrected chi connectivity index (χ1v) is 17.7. The Hall–Kier alpha value is -3.40. The van der Waals surface area contributed by atoms with Crippen LogP contribution < -0.4 is 10.9 Å². The molecule has 2 N–H and O–H groups in total. The van der Waals surface area contributed by atoms with E-state index in [-0.39, 0.29) is 10.9 Å². The second-order valence-electron chi connectivity index (χ2n) is 13.0. The average molecular weight is 593 g/mol. The van der Waals surface area contributed by atoms with Gasteiger partial charge in [-0.2, -0.15) is 0 Å². The third-order valence-corrected chi connectivity index (χ3v) is 9.57. The molecule has 0 aliphatic rings. The molecule has 5 rings (SSSR count). The van der Waals surface area contributed by atoms with E-state index in [1.807, 2.05) is 36.4 Å². The van der Waals surface area contributed by atoms with Gasteiger partial charge in [0, 0.05) is 27.1 Å². The van der Waals surface area contributed by atoms with Crippen molar-refractivity contribution < 1.29 is 0 Å². The molecule has 2 aromatic heterocycles. The van der Waals surface area contributed by atoms with Gasteiger partial charge in [-0.25, -0.2) is 0 Å². The Balaban J connectivity index is 1.44. The number of H-pyrrole nitrogens is 2. The van der Waals surface area contributed by atoms with Crippen molar-refractivity contribution in [1.29, 1.82) is 0 Å². The number of rotatable bonds is 18. The number of aromatic amines is 2. The zero-order valence-corrected chi connectivity index (χ0v) is 27.2. The number of unbranched alkanes of at least 4 members (excludes halogenated alkanes) is 14. The standard InChI is InChI=1S/C40H52N2O2/c1-3-5-7-9-11-13-15-17-21-29-25-26-35-38(30(29)22-18-16-14-12-10-8-6-4-2)40(44)33-28-36-32(27-37(33)42-35)39(43)31-23-19-20-24-34(31)41-36/h19-20,23-28H,3-18,21-22H2,1-2H3,(H,41,43)(H,42,44). The molecule has 4 heteroatoms. The molecule has 0 atom stereocenters. The van der Waals surface area contributed by atoms with E-state index in [9.17, 15) is 9.59 Å². The summed E-state index contributed by atoms with van der Waals surface area (Å²) in [5.74, 6) is 0. The van der Waals surface area contributed by atoms with Crippen LogP contribution >= 0.6 is 0 Å². The smallest absolute Gasteiger partial charge is 0.197 e. The van der Waals surface area contributed by atoms with Crippen LogP contribution in [0.5, 0.6) is 0 Å². The lowest BCUT2D eigenvalue weighted by atomic mass is 9.92. The molecule has 0 aliphatic heterocycles. The normalized spacial score (nSPS) is 11.9. The molecule has 0 bridgehead atoms. The predicted molar refractivity (Wildman–Crippen MR) is 190 cm³/mol. The monoisotopic (exact) mass is 592 g/mol. The third-order valence-electron chi connectivity index (χ3n) is 9.57. The van der Waals surface area contributed by atoms with Crippen LogP contribution in [0.15, 0.2) is 58.1 Å². The molecule has 0 amide bonds. The minimum Gasteiger partial charge on any atom is -0.354 e. The molecule has 0 saturated carbocycles. The number of benzene rings is 3. The van der Waals surface area contributed by atoms with Gasteiger partial charge in [0.2, 0.25) is 0 Å². The van der Waals surface area contributed by atoms with Crippen LogP contribution in [-0.4, -0.2) is 9.97 Å². The number of fused-ring (bicyclic) bond motifs is 4. The highest BCUT2D eigenvalue weighted by molar-refractivity contribution is 6.03. The number of nitrogens with one attached hydrogen (secondary N) is 2. The Morgan fingerprint density at radius 3 is 1.64 bits per heavy atom. The molecule has 0 fully saturated rings. The summed E-state index contributed by atoms with van der Waals surface area (Å²) in [6.45, 7) is 4.54. The third kappa shape index (κ3) is 7.62. The summed E-state index contributed by atoms with van der Waals surface area (Å²) < 4.78 is 0. The molecule has 4 nitrogen and oxygen atoms in total. The molecule has 44 heavy (non-hydrogen) atoms. The van der Waals surface area contributed by atoms with E-state index in [1.165, 1.54) is 107 Å². The molecule has 0 radical (unpaired) electrons. The van der Waals surface area contributed by atoms with Gasteiger partial charge in [-0.1, -0.05) is 122 Å². The molecule has 0 saturated heterocycles. The zero-order chi connectivity index (χ0) is 30.7. The lowest BCUT2D eigenvalue weighted by Crippen LogP contribution is -2.11. The number of aromatic nitrogens is 2. The van der Waals surface area contributed by atoms with Crippen molar-refractivity contribution in [2.24, 2.45) is 0 Å². The van der Waals surface area contributed by atoms with Crippen molar-refractivity contribution in [2.45, 2.75) is 129 Å². The summed E-state index contributed by atoms with van der Waals surface area (Å²) in [6, 6.07) is 15.7. The van der Waals surface area contributed by atoms with Crippen molar-refractivity contribution in [2.75, 3.05) is 0 Å². The fourth-order valence-electron chi connectivity index (χ4n) is 7.00. The Bertz CT molecular complexity index is 1800.